The fourth-order valence-electron chi connectivity index (χ4n) is 2.98. The van der Waals surface area contributed by atoms with Crippen LogP contribution in [0.25, 0.3) is 0 Å². The summed E-state index contributed by atoms with van der Waals surface area (Å²) in [4.78, 5) is 27.6. The fourth-order valence-corrected chi connectivity index (χ4v) is 3.71. The van der Waals surface area contributed by atoms with Crippen LogP contribution < -0.4 is 10.6 Å². The largest absolute Gasteiger partial charge is 0.335 e. The lowest BCUT2D eigenvalue weighted by atomic mass is 9.96. The number of hydrogen-bond acceptors (Lipinski definition) is 4. The highest BCUT2D eigenvalue weighted by Crippen LogP contribution is 2.17. The maximum atomic E-state index is 12.3. The average Bonchev–Trinajstić information content (AvgIpc) is 3.05. The molecular formula is C17H27N3O2S. The minimum Gasteiger partial charge on any atom is -0.335 e. The molecule has 3 amide bonds. The summed E-state index contributed by atoms with van der Waals surface area (Å²) in [5.74, 6) is -0.239. The van der Waals surface area contributed by atoms with Crippen LogP contribution in [0.2, 0.25) is 0 Å². The van der Waals surface area contributed by atoms with Gasteiger partial charge in [-0.2, -0.15) is 0 Å². The third kappa shape index (κ3) is 5.62. The summed E-state index contributed by atoms with van der Waals surface area (Å²) in [7, 11) is 0. The molecule has 0 aliphatic heterocycles. The van der Waals surface area contributed by atoms with Crippen LogP contribution >= 0.6 is 11.3 Å². The van der Waals surface area contributed by atoms with Gasteiger partial charge in [-0.15, -0.1) is 11.3 Å². The van der Waals surface area contributed by atoms with Crippen molar-refractivity contribution in [3.05, 3.63) is 22.4 Å². The van der Waals surface area contributed by atoms with E-state index in [-0.39, 0.29) is 24.0 Å². The van der Waals surface area contributed by atoms with Crippen LogP contribution in [0, 0.1) is 0 Å². The van der Waals surface area contributed by atoms with E-state index >= 15 is 0 Å². The Morgan fingerprint density at radius 3 is 2.70 bits per heavy atom. The van der Waals surface area contributed by atoms with Gasteiger partial charge in [0, 0.05) is 17.5 Å². The second-order valence-electron chi connectivity index (χ2n) is 6.12. The van der Waals surface area contributed by atoms with Crippen LogP contribution in [-0.4, -0.2) is 35.5 Å². The maximum absolute atomic E-state index is 12.3. The molecular weight excluding hydrogens is 310 g/mol. The number of urea groups is 1. The molecule has 0 radical (unpaired) electrons. The standard InChI is InChI=1S/C17H27N3O2S/c1-3-20(12-15-10-7-11-23-15)13(2)16(21)19-17(22)18-14-8-5-4-6-9-14/h7,10-11,13-14H,3-6,8-9,12H2,1-2H3,(H2,18,19,21,22)/t13-/m0/s1. The Morgan fingerprint density at radius 1 is 1.35 bits per heavy atom. The van der Waals surface area contributed by atoms with Crippen LogP contribution in [0.1, 0.15) is 50.8 Å². The van der Waals surface area contributed by atoms with Crippen molar-refractivity contribution >= 4 is 23.3 Å². The van der Waals surface area contributed by atoms with E-state index in [9.17, 15) is 9.59 Å². The van der Waals surface area contributed by atoms with E-state index in [2.05, 4.69) is 21.6 Å². The Labute approximate surface area is 142 Å². The number of carbonyl (C=O) groups is 2. The van der Waals surface area contributed by atoms with E-state index in [0.717, 1.165) is 38.8 Å². The van der Waals surface area contributed by atoms with Crippen molar-refractivity contribution in [3.8, 4) is 0 Å². The Morgan fingerprint density at radius 2 is 2.09 bits per heavy atom. The summed E-state index contributed by atoms with van der Waals surface area (Å²) in [5.41, 5.74) is 0. The van der Waals surface area contributed by atoms with Crippen LogP contribution in [0.3, 0.4) is 0 Å². The number of imide groups is 1. The van der Waals surface area contributed by atoms with Gasteiger partial charge in [0.25, 0.3) is 0 Å². The van der Waals surface area contributed by atoms with E-state index in [4.69, 9.17) is 0 Å². The van der Waals surface area contributed by atoms with E-state index in [0.29, 0.717) is 0 Å². The van der Waals surface area contributed by atoms with Gasteiger partial charge < -0.3 is 5.32 Å². The quantitative estimate of drug-likeness (QED) is 0.838. The Kier molecular flexibility index (Phi) is 7.05. The van der Waals surface area contributed by atoms with Crippen molar-refractivity contribution in [3.63, 3.8) is 0 Å². The van der Waals surface area contributed by atoms with Gasteiger partial charge in [-0.3, -0.25) is 15.0 Å². The van der Waals surface area contributed by atoms with Crippen molar-refractivity contribution < 1.29 is 9.59 Å². The smallest absolute Gasteiger partial charge is 0.321 e. The first kappa shape index (κ1) is 17.9. The maximum Gasteiger partial charge on any atom is 0.321 e. The molecule has 23 heavy (non-hydrogen) atoms. The minimum absolute atomic E-state index is 0.209. The number of nitrogens with one attached hydrogen (secondary N) is 2. The number of carbonyl (C=O) groups excluding carboxylic acids is 2. The molecule has 0 unspecified atom stereocenters. The summed E-state index contributed by atoms with van der Waals surface area (Å²) >= 11 is 1.68. The molecule has 1 aliphatic rings. The molecule has 1 heterocycles. The molecule has 0 saturated heterocycles. The summed E-state index contributed by atoms with van der Waals surface area (Å²) < 4.78 is 0. The van der Waals surface area contributed by atoms with Gasteiger partial charge >= 0.3 is 6.03 Å². The Balaban J connectivity index is 1.81. The highest BCUT2D eigenvalue weighted by molar-refractivity contribution is 7.09. The number of likely N-dealkylation sites (N-methyl/N-ethyl adjacent to an activating group) is 1. The zero-order valence-corrected chi connectivity index (χ0v) is 14.8. The first-order chi connectivity index (χ1) is 11.1. The summed E-state index contributed by atoms with van der Waals surface area (Å²) in [6.45, 7) is 5.36. The summed E-state index contributed by atoms with van der Waals surface area (Å²) in [6, 6.07) is 3.59. The highest BCUT2D eigenvalue weighted by Gasteiger charge is 2.23. The van der Waals surface area contributed by atoms with E-state index in [1.165, 1.54) is 11.3 Å². The van der Waals surface area contributed by atoms with Crippen LogP contribution in [-0.2, 0) is 11.3 Å². The molecule has 2 rings (SSSR count). The first-order valence-electron chi connectivity index (χ1n) is 8.48. The predicted molar refractivity (Wildman–Crippen MR) is 93.4 cm³/mol. The van der Waals surface area contributed by atoms with E-state index in [1.54, 1.807) is 11.3 Å². The summed E-state index contributed by atoms with van der Waals surface area (Å²) in [5, 5.41) is 7.45. The third-order valence-corrected chi connectivity index (χ3v) is 5.31. The molecule has 1 saturated carbocycles. The number of rotatable bonds is 6. The molecule has 1 aromatic heterocycles. The predicted octanol–water partition coefficient (Wildman–Crippen LogP) is 3.12. The zero-order valence-electron chi connectivity index (χ0n) is 14.0. The topological polar surface area (TPSA) is 61.4 Å². The number of hydrogen-bond donors (Lipinski definition) is 2. The van der Waals surface area contributed by atoms with Crippen molar-refractivity contribution in [2.75, 3.05) is 6.54 Å². The van der Waals surface area contributed by atoms with Crippen molar-refractivity contribution in [2.24, 2.45) is 0 Å². The number of thiophene rings is 1. The van der Waals surface area contributed by atoms with Crippen LogP contribution in [0.5, 0.6) is 0 Å². The van der Waals surface area contributed by atoms with Crippen molar-refractivity contribution in [1.29, 1.82) is 0 Å². The van der Waals surface area contributed by atoms with Crippen molar-refractivity contribution in [1.82, 2.24) is 15.5 Å². The molecule has 1 fully saturated rings. The molecule has 5 nitrogen and oxygen atoms in total. The van der Waals surface area contributed by atoms with Gasteiger partial charge in [0.1, 0.15) is 0 Å². The third-order valence-electron chi connectivity index (χ3n) is 4.45. The summed E-state index contributed by atoms with van der Waals surface area (Å²) in [6.07, 6.45) is 5.57. The van der Waals surface area contributed by atoms with E-state index in [1.807, 2.05) is 25.3 Å². The molecule has 0 aromatic carbocycles. The second kappa shape index (κ2) is 9.03. The van der Waals surface area contributed by atoms with Crippen LogP contribution in [0.4, 0.5) is 4.79 Å². The Bertz CT molecular complexity index is 498. The molecule has 0 spiro atoms. The van der Waals surface area contributed by atoms with Gasteiger partial charge in [0.15, 0.2) is 0 Å². The van der Waals surface area contributed by atoms with Crippen molar-refractivity contribution in [2.45, 2.75) is 64.6 Å². The van der Waals surface area contributed by atoms with Gasteiger partial charge in [0.05, 0.1) is 6.04 Å². The molecule has 2 N–H and O–H groups in total. The molecule has 1 aliphatic carbocycles. The zero-order chi connectivity index (χ0) is 16.7. The van der Waals surface area contributed by atoms with Gasteiger partial charge in [-0.25, -0.2) is 4.79 Å². The molecule has 128 valence electrons. The van der Waals surface area contributed by atoms with Crippen LogP contribution in [0.15, 0.2) is 17.5 Å². The first-order valence-corrected chi connectivity index (χ1v) is 9.36. The molecule has 6 heteroatoms. The highest BCUT2D eigenvalue weighted by atomic mass is 32.1. The monoisotopic (exact) mass is 337 g/mol. The molecule has 0 bridgehead atoms. The van der Waals surface area contributed by atoms with Gasteiger partial charge in [0.2, 0.25) is 5.91 Å². The Hall–Kier alpha value is -1.40. The van der Waals surface area contributed by atoms with Gasteiger partial charge in [-0.1, -0.05) is 32.3 Å². The normalized spacial score (nSPS) is 17.0. The minimum atomic E-state index is -0.360. The van der Waals surface area contributed by atoms with Gasteiger partial charge in [-0.05, 0) is 37.8 Å². The second-order valence-corrected chi connectivity index (χ2v) is 7.15. The van der Waals surface area contributed by atoms with E-state index < -0.39 is 0 Å². The number of amides is 3. The number of nitrogens with zero attached hydrogens (tertiary/aromatic N) is 1. The SMILES string of the molecule is CCN(Cc1cccs1)[C@@H](C)C(=O)NC(=O)NC1CCCCC1. The lowest BCUT2D eigenvalue weighted by Crippen LogP contribution is -2.51. The average molecular weight is 337 g/mol. The molecule has 1 aromatic rings. The fraction of sp³-hybridized carbons (Fsp3) is 0.647. The lowest BCUT2D eigenvalue weighted by Gasteiger charge is -2.27. The molecule has 1 atom stereocenters. The lowest BCUT2D eigenvalue weighted by molar-refractivity contribution is -0.124.